The summed E-state index contributed by atoms with van der Waals surface area (Å²) in [6.45, 7) is 1.52. The molecule has 0 aliphatic rings. The molecule has 0 spiro atoms. The van der Waals surface area contributed by atoms with Gasteiger partial charge in [0.2, 0.25) is 0 Å². The molecule has 0 unspecified atom stereocenters. The van der Waals surface area contributed by atoms with Gasteiger partial charge in [0, 0.05) is 0 Å². The first-order valence-electron chi connectivity index (χ1n) is 4.02. The third kappa shape index (κ3) is 1.89. The molecule has 3 nitrogen and oxygen atoms in total. The van der Waals surface area contributed by atoms with Crippen LogP contribution in [0.4, 0.5) is 4.39 Å². The van der Waals surface area contributed by atoms with Crippen molar-refractivity contribution in [1.29, 1.82) is 0 Å². The second-order valence-corrected chi connectivity index (χ2v) is 4.05. The molecule has 0 aliphatic carbocycles. The highest BCUT2D eigenvalue weighted by Crippen LogP contribution is 2.28. The minimum absolute atomic E-state index is 0.188. The van der Waals surface area contributed by atoms with Gasteiger partial charge in [0.25, 0.3) is 0 Å². The Morgan fingerprint density at radius 1 is 1.47 bits per heavy atom. The molecule has 0 aliphatic heterocycles. The van der Waals surface area contributed by atoms with Crippen LogP contribution in [-0.2, 0) is 0 Å². The Bertz CT molecular complexity index is 492. The molecule has 6 heteroatoms. The van der Waals surface area contributed by atoms with Crippen LogP contribution in [-0.4, -0.2) is 9.97 Å². The van der Waals surface area contributed by atoms with Gasteiger partial charge in [-0.05, 0) is 28.9 Å². The van der Waals surface area contributed by atoms with Crippen LogP contribution >= 0.6 is 27.5 Å². The summed E-state index contributed by atoms with van der Waals surface area (Å²) in [6.07, 6.45) is 1.48. The normalized spacial score (nSPS) is 10.7. The number of aryl methyl sites for hydroxylation is 1. The van der Waals surface area contributed by atoms with Gasteiger partial charge in [-0.25, -0.2) is 14.4 Å². The standard InChI is InChI=1S/C9H5BrClFN2O/c1-4-6(12)8(11)14-9(13-4)7-5(10)2-3-15-7/h2-3H,1H3. The second kappa shape index (κ2) is 3.90. The largest absolute Gasteiger partial charge is 0.460 e. The van der Waals surface area contributed by atoms with E-state index in [1.54, 1.807) is 6.07 Å². The zero-order chi connectivity index (χ0) is 11.0. The first kappa shape index (κ1) is 10.6. The van der Waals surface area contributed by atoms with Crippen molar-refractivity contribution in [3.05, 3.63) is 33.5 Å². The van der Waals surface area contributed by atoms with Crippen molar-refractivity contribution in [2.75, 3.05) is 0 Å². The molecule has 0 atom stereocenters. The molecule has 0 radical (unpaired) electrons. The lowest BCUT2D eigenvalue weighted by Crippen LogP contribution is -1.96. The summed E-state index contributed by atoms with van der Waals surface area (Å²) in [5, 5.41) is -0.208. The van der Waals surface area contributed by atoms with Crippen LogP contribution in [0.1, 0.15) is 5.69 Å². The number of halogens is 3. The van der Waals surface area contributed by atoms with E-state index in [0.29, 0.717) is 10.2 Å². The van der Waals surface area contributed by atoms with Gasteiger partial charge >= 0.3 is 0 Å². The van der Waals surface area contributed by atoms with Gasteiger partial charge in [0.15, 0.2) is 22.6 Å². The van der Waals surface area contributed by atoms with Crippen LogP contribution in [0.25, 0.3) is 11.6 Å². The first-order valence-corrected chi connectivity index (χ1v) is 5.19. The monoisotopic (exact) mass is 290 g/mol. The second-order valence-electron chi connectivity index (χ2n) is 2.84. The van der Waals surface area contributed by atoms with Gasteiger partial charge < -0.3 is 4.42 Å². The zero-order valence-corrected chi connectivity index (χ0v) is 9.93. The Balaban J connectivity index is 2.60. The van der Waals surface area contributed by atoms with E-state index in [1.165, 1.54) is 13.2 Å². The van der Waals surface area contributed by atoms with Crippen LogP contribution in [0.2, 0.25) is 5.15 Å². The van der Waals surface area contributed by atoms with E-state index >= 15 is 0 Å². The maximum absolute atomic E-state index is 13.2. The quantitative estimate of drug-likeness (QED) is 0.754. The Labute approximate surface area is 98.4 Å². The SMILES string of the molecule is Cc1nc(-c2occc2Br)nc(Cl)c1F. The Hall–Kier alpha value is -0.940. The smallest absolute Gasteiger partial charge is 0.198 e. The molecule has 15 heavy (non-hydrogen) atoms. The summed E-state index contributed by atoms with van der Waals surface area (Å²) in [4.78, 5) is 7.73. The van der Waals surface area contributed by atoms with E-state index in [1.807, 2.05) is 0 Å². The van der Waals surface area contributed by atoms with Crippen LogP contribution in [0.15, 0.2) is 21.2 Å². The fourth-order valence-electron chi connectivity index (χ4n) is 1.08. The lowest BCUT2D eigenvalue weighted by molar-refractivity contribution is 0.569. The zero-order valence-electron chi connectivity index (χ0n) is 7.59. The molecule has 0 bridgehead atoms. The molecule has 2 rings (SSSR count). The van der Waals surface area contributed by atoms with Crippen molar-refractivity contribution in [3.8, 4) is 11.6 Å². The summed E-state index contributed by atoms with van der Waals surface area (Å²) in [7, 11) is 0. The molecule has 78 valence electrons. The van der Waals surface area contributed by atoms with E-state index < -0.39 is 5.82 Å². The van der Waals surface area contributed by atoms with Gasteiger partial charge in [-0.15, -0.1) is 0 Å². The van der Waals surface area contributed by atoms with Crippen LogP contribution in [0.5, 0.6) is 0 Å². The van der Waals surface area contributed by atoms with Gasteiger partial charge in [-0.2, -0.15) is 0 Å². The molecule has 0 saturated carbocycles. The van der Waals surface area contributed by atoms with E-state index in [2.05, 4.69) is 25.9 Å². The molecule has 0 aromatic carbocycles. The number of furan rings is 1. The molecule has 0 saturated heterocycles. The number of rotatable bonds is 1. The Kier molecular flexibility index (Phi) is 2.75. The van der Waals surface area contributed by atoms with Crippen molar-refractivity contribution in [2.24, 2.45) is 0 Å². The lowest BCUT2D eigenvalue weighted by Gasteiger charge is -2.01. The van der Waals surface area contributed by atoms with Gasteiger partial charge in [0.1, 0.15) is 0 Å². The lowest BCUT2D eigenvalue weighted by atomic mass is 10.3. The van der Waals surface area contributed by atoms with Crippen molar-refractivity contribution < 1.29 is 8.81 Å². The number of nitrogens with zero attached hydrogens (tertiary/aromatic N) is 2. The fraction of sp³-hybridized carbons (Fsp3) is 0.111. The fourth-order valence-corrected chi connectivity index (χ4v) is 1.67. The van der Waals surface area contributed by atoms with Crippen molar-refractivity contribution >= 4 is 27.5 Å². The number of aromatic nitrogens is 2. The van der Waals surface area contributed by atoms with E-state index in [4.69, 9.17) is 16.0 Å². The number of hydrogen-bond acceptors (Lipinski definition) is 3. The number of hydrogen-bond donors (Lipinski definition) is 0. The third-order valence-corrected chi connectivity index (χ3v) is 2.67. The summed E-state index contributed by atoms with van der Waals surface area (Å²) >= 11 is 8.87. The van der Waals surface area contributed by atoms with E-state index in [9.17, 15) is 4.39 Å². The average molecular weight is 292 g/mol. The Morgan fingerprint density at radius 2 is 2.20 bits per heavy atom. The third-order valence-electron chi connectivity index (χ3n) is 1.80. The summed E-state index contributed by atoms with van der Waals surface area (Å²) in [6, 6.07) is 1.70. The van der Waals surface area contributed by atoms with Gasteiger partial charge in [0.05, 0.1) is 16.4 Å². The van der Waals surface area contributed by atoms with E-state index in [-0.39, 0.29) is 16.7 Å². The topological polar surface area (TPSA) is 38.9 Å². The maximum Gasteiger partial charge on any atom is 0.198 e. The molecule has 0 amide bonds. The van der Waals surface area contributed by atoms with Crippen molar-refractivity contribution in [2.45, 2.75) is 6.92 Å². The van der Waals surface area contributed by atoms with Crippen LogP contribution < -0.4 is 0 Å². The molecular formula is C9H5BrClFN2O. The molecule has 0 fully saturated rings. The molecule has 2 aromatic heterocycles. The van der Waals surface area contributed by atoms with Crippen molar-refractivity contribution in [1.82, 2.24) is 9.97 Å². The first-order chi connectivity index (χ1) is 7.09. The van der Waals surface area contributed by atoms with Gasteiger partial charge in [-0.3, -0.25) is 0 Å². The predicted molar refractivity (Wildman–Crippen MR) is 57.1 cm³/mol. The van der Waals surface area contributed by atoms with Crippen LogP contribution in [0, 0.1) is 12.7 Å². The maximum atomic E-state index is 13.2. The summed E-state index contributed by atoms with van der Waals surface area (Å²) < 4.78 is 19.0. The summed E-state index contributed by atoms with van der Waals surface area (Å²) in [5.41, 5.74) is 0.188. The Morgan fingerprint density at radius 3 is 2.73 bits per heavy atom. The minimum Gasteiger partial charge on any atom is -0.460 e. The predicted octanol–water partition coefficient (Wildman–Crippen LogP) is 3.60. The molecular weight excluding hydrogens is 286 g/mol. The van der Waals surface area contributed by atoms with E-state index in [0.717, 1.165) is 0 Å². The highest BCUT2D eigenvalue weighted by molar-refractivity contribution is 9.10. The van der Waals surface area contributed by atoms with Gasteiger partial charge in [-0.1, -0.05) is 11.6 Å². The highest BCUT2D eigenvalue weighted by Gasteiger charge is 2.15. The van der Waals surface area contributed by atoms with Crippen molar-refractivity contribution in [3.63, 3.8) is 0 Å². The molecule has 2 aromatic rings. The summed E-state index contributed by atoms with van der Waals surface area (Å²) in [5.74, 6) is 0.0823. The molecule has 0 N–H and O–H groups in total. The minimum atomic E-state index is -0.608. The molecule has 2 heterocycles. The highest BCUT2D eigenvalue weighted by atomic mass is 79.9. The van der Waals surface area contributed by atoms with Crippen LogP contribution in [0.3, 0.4) is 0 Å². The average Bonchev–Trinajstić information content (AvgIpc) is 2.60.